The molecule has 2 rings (SSSR count). The first-order valence-corrected chi connectivity index (χ1v) is 4.00. The summed E-state index contributed by atoms with van der Waals surface area (Å²) in [5.74, 6) is 4.63. The van der Waals surface area contributed by atoms with Crippen LogP contribution >= 0.6 is 0 Å². The van der Waals surface area contributed by atoms with Gasteiger partial charge in [0, 0.05) is 11.1 Å². The third-order valence-electron chi connectivity index (χ3n) is 2.03. The van der Waals surface area contributed by atoms with Gasteiger partial charge in [0.05, 0.1) is 11.8 Å². The highest BCUT2D eigenvalue weighted by molar-refractivity contribution is 6.07. The van der Waals surface area contributed by atoms with E-state index in [4.69, 9.17) is 16.0 Å². The predicted molar refractivity (Wildman–Crippen MR) is 52.3 cm³/mol. The molecule has 1 amide bonds. The van der Waals surface area contributed by atoms with Crippen molar-refractivity contribution in [1.82, 2.24) is 5.43 Å². The molecule has 5 nitrogen and oxygen atoms in total. The minimum Gasteiger partial charge on any atom is -0.463 e. The Kier molecular flexibility index (Phi) is 1.86. The third kappa shape index (κ3) is 1.11. The fourth-order valence-electron chi connectivity index (χ4n) is 1.34. The first kappa shape index (κ1) is 8.58. The fraction of sp³-hybridized carbons (Fsp3) is 0. The number of hydrazine groups is 1. The van der Waals surface area contributed by atoms with Crippen LogP contribution in [0.4, 0.5) is 5.69 Å². The molecule has 0 aliphatic heterocycles. The van der Waals surface area contributed by atoms with E-state index in [1.54, 1.807) is 18.2 Å². The third-order valence-corrected chi connectivity index (χ3v) is 2.03. The molecule has 0 saturated carbocycles. The molecule has 72 valence electrons. The van der Waals surface area contributed by atoms with E-state index in [0.717, 1.165) is 0 Å². The van der Waals surface area contributed by atoms with Crippen molar-refractivity contribution in [2.45, 2.75) is 0 Å². The van der Waals surface area contributed by atoms with Gasteiger partial charge in [-0.05, 0) is 18.2 Å². The number of nitrogens with two attached hydrogens (primary N) is 2. The van der Waals surface area contributed by atoms with Crippen LogP contribution in [-0.2, 0) is 0 Å². The van der Waals surface area contributed by atoms with Crippen LogP contribution in [0.25, 0.3) is 11.0 Å². The molecule has 0 aliphatic rings. The van der Waals surface area contributed by atoms with Crippen LogP contribution in [0.1, 0.15) is 10.4 Å². The van der Waals surface area contributed by atoms with Crippen LogP contribution < -0.4 is 17.0 Å². The summed E-state index contributed by atoms with van der Waals surface area (Å²) >= 11 is 0. The van der Waals surface area contributed by atoms with E-state index in [0.29, 0.717) is 22.2 Å². The number of furan rings is 1. The summed E-state index contributed by atoms with van der Waals surface area (Å²) in [6.45, 7) is 0. The van der Waals surface area contributed by atoms with Gasteiger partial charge in [-0.3, -0.25) is 10.2 Å². The molecule has 2 aromatic rings. The van der Waals surface area contributed by atoms with Gasteiger partial charge in [-0.2, -0.15) is 0 Å². The van der Waals surface area contributed by atoms with Crippen LogP contribution in [0.15, 0.2) is 28.9 Å². The topological polar surface area (TPSA) is 94.3 Å². The number of fused-ring (bicyclic) bond motifs is 1. The van der Waals surface area contributed by atoms with Crippen LogP contribution in [-0.4, -0.2) is 5.91 Å². The van der Waals surface area contributed by atoms with Crippen molar-refractivity contribution in [3.8, 4) is 0 Å². The average Bonchev–Trinajstić information content (AvgIpc) is 2.67. The van der Waals surface area contributed by atoms with Crippen molar-refractivity contribution in [3.05, 3.63) is 30.0 Å². The number of carbonyl (C=O) groups is 1. The molecule has 0 unspecified atom stereocenters. The average molecular weight is 191 g/mol. The summed E-state index contributed by atoms with van der Waals surface area (Å²) < 4.78 is 5.16. The highest BCUT2D eigenvalue weighted by Crippen LogP contribution is 2.25. The number of amides is 1. The molecule has 5 heteroatoms. The highest BCUT2D eigenvalue weighted by atomic mass is 16.3. The van der Waals surface area contributed by atoms with Crippen LogP contribution in [0.5, 0.6) is 0 Å². The molecule has 0 spiro atoms. The number of hydrogen-bond donors (Lipinski definition) is 3. The number of nitrogen functional groups attached to an aromatic ring is 2. The molecule has 0 radical (unpaired) electrons. The van der Waals surface area contributed by atoms with E-state index in [1.807, 2.05) is 5.43 Å². The van der Waals surface area contributed by atoms with Crippen molar-refractivity contribution >= 4 is 22.6 Å². The number of benzene rings is 1. The lowest BCUT2D eigenvalue weighted by molar-refractivity contribution is 0.0954. The Balaban J connectivity index is 2.72. The largest absolute Gasteiger partial charge is 0.463 e. The summed E-state index contributed by atoms with van der Waals surface area (Å²) in [7, 11) is 0. The Hall–Kier alpha value is -2.01. The van der Waals surface area contributed by atoms with E-state index in [1.165, 1.54) is 6.26 Å². The number of carbonyl (C=O) groups excluding carboxylic acids is 1. The lowest BCUT2D eigenvalue weighted by Gasteiger charge is -2.01. The Bertz CT molecular complexity index is 490. The Labute approximate surface area is 79.6 Å². The van der Waals surface area contributed by atoms with Gasteiger partial charge in [-0.25, -0.2) is 5.84 Å². The van der Waals surface area contributed by atoms with Crippen molar-refractivity contribution in [2.24, 2.45) is 5.84 Å². The number of nitrogens with one attached hydrogen (secondary N) is 1. The number of hydrogen-bond acceptors (Lipinski definition) is 4. The summed E-state index contributed by atoms with van der Waals surface area (Å²) in [6.07, 6.45) is 1.48. The van der Waals surface area contributed by atoms with Crippen LogP contribution in [0, 0.1) is 0 Å². The maximum absolute atomic E-state index is 11.3. The molecule has 1 aromatic heterocycles. The normalized spacial score (nSPS) is 10.4. The first-order chi connectivity index (χ1) is 6.74. The van der Waals surface area contributed by atoms with Gasteiger partial charge < -0.3 is 10.2 Å². The van der Waals surface area contributed by atoms with Crippen molar-refractivity contribution in [3.63, 3.8) is 0 Å². The van der Waals surface area contributed by atoms with E-state index in [9.17, 15) is 4.79 Å². The van der Waals surface area contributed by atoms with Crippen LogP contribution in [0.3, 0.4) is 0 Å². The van der Waals surface area contributed by atoms with Gasteiger partial charge in [0.2, 0.25) is 0 Å². The molecule has 0 fully saturated rings. The van der Waals surface area contributed by atoms with Gasteiger partial charge in [-0.1, -0.05) is 0 Å². The van der Waals surface area contributed by atoms with E-state index in [-0.39, 0.29) is 0 Å². The second kappa shape index (κ2) is 3.04. The fourth-order valence-corrected chi connectivity index (χ4v) is 1.34. The monoisotopic (exact) mass is 191 g/mol. The Morgan fingerprint density at radius 2 is 2.14 bits per heavy atom. The molecule has 1 aromatic carbocycles. The van der Waals surface area contributed by atoms with E-state index in [2.05, 4.69) is 0 Å². The van der Waals surface area contributed by atoms with Gasteiger partial charge in [0.25, 0.3) is 5.91 Å². The predicted octanol–water partition coefficient (Wildman–Crippen LogP) is 0.619. The first-order valence-electron chi connectivity index (χ1n) is 4.00. The zero-order chi connectivity index (χ0) is 10.1. The Morgan fingerprint density at radius 3 is 2.86 bits per heavy atom. The van der Waals surface area contributed by atoms with Crippen molar-refractivity contribution in [1.29, 1.82) is 0 Å². The van der Waals surface area contributed by atoms with E-state index >= 15 is 0 Å². The molecule has 0 aliphatic carbocycles. The lowest BCUT2D eigenvalue weighted by atomic mass is 10.1. The highest BCUT2D eigenvalue weighted by Gasteiger charge is 2.12. The maximum Gasteiger partial charge on any atom is 0.268 e. The van der Waals surface area contributed by atoms with E-state index < -0.39 is 5.91 Å². The lowest BCUT2D eigenvalue weighted by Crippen LogP contribution is -2.30. The van der Waals surface area contributed by atoms with Crippen molar-refractivity contribution < 1.29 is 9.21 Å². The quantitative estimate of drug-likeness (QED) is 0.266. The minimum absolute atomic E-state index is 0.377. The zero-order valence-electron chi connectivity index (χ0n) is 7.28. The summed E-state index contributed by atoms with van der Waals surface area (Å²) in [6, 6.07) is 4.92. The number of anilines is 1. The smallest absolute Gasteiger partial charge is 0.268 e. The molecule has 0 saturated heterocycles. The molecule has 1 heterocycles. The standard InChI is InChI=1S/C9H9N3O2/c10-7-2-1-6(9(13)12-11)8-5(7)3-4-14-8/h1-4H,10-11H2,(H,12,13). The molecular weight excluding hydrogens is 182 g/mol. The van der Waals surface area contributed by atoms with Gasteiger partial charge >= 0.3 is 0 Å². The number of rotatable bonds is 1. The van der Waals surface area contributed by atoms with Crippen LogP contribution in [0.2, 0.25) is 0 Å². The Morgan fingerprint density at radius 1 is 1.36 bits per heavy atom. The molecular formula is C9H9N3O2. The minimum atomic E-state index is -0.398. The summed E-state index contributed by atoms with van der Waals surface area (Å²) in [5, 5.41) is 0.714. The maximum atomic E-state index is 11.3. The molecule has 14 heavy (non-hydrogen) atoms. The SMILES string of the molecule is NNC(=O)c1ccc(N)c2ccoc12. The molecule has 5 N–H and O–H groups in total. The van der Waals surface area contributed by atoms with Crippen molar-refractivity contribution in [2.75, 3.05) is 5.73 Å². The van der Waals surface area contributed by atoms with Gasteiger partial charge in [0.1, 0.15) is 5.58 Å². The molecule has 0 atom stereocenters. The summed E-state index contributed by atoms with van der Waals surface area (Å²) in [5.41, 5.74) is 9.13. The summed E-state index contributed by atoms with van der Waals surface area (Å²) in [4.78, 5) is 11.3. The van der Waals surface area contributed by atoms with Gasteiger partial charge in [0.15, 0.2) is 0 Å². The molecule has 0 bridgehead atoms. The second-order valence-electron chi connectivity index (χ2n) is 2.84. The second-order valence-corrected chi connectivity index (χ2v) is 2.84. The van der Waals surface area contributed by atoms with Gasteiger partial charge in [-0.15, -0.1) is 0 Å². The zero-order valence-corrected chi connectivity index (χ0v) is 7.28.